The topological polar surface area (TPSA) is 41.9 Å². The van der Waals surface area contributed by atoms with Gasteiger partial charge in [0, 0.05) is 19.2 Å². The molecule has 0 aliphatic carbocycles. The van der Waals surface area contributed by atoms with Gasteiger partial charge >= 0.3 is 0 Å². The Morgan fingerprint density at radius 2 is 2.04 bits per heavy atom. The number of carbonyl (C=O) groups is 1. The summed E-state index contributed by atoms with van der Waals surface area (Å²) in [5.41, 5.74) is 3.12. The van der Waals surface area contributed by atoms with Crippen molar-refractivity contribution in [1.82, 2.24) is 4.90 Å². The van der Waals surface area contributed by atoms with E-state index in [9.17, 15) is 4.79 Å². The maximum absolute atomic E-state index is 12.5. The fourth-order valence-electron chi connectivity index (χ4n) is 2.24. The number of benzene rings is 2. The molecule has 0 bridgehead atoms. The van der Waals surface area contributed by atoms with Crippen molar-refractivity contribution in [2.24, 2.45) is 4.99 Å². The van der Waals surface area contributed by atoms with Crippen LogP contribution in [0.1, 0.15) is 28.4 Å². The number of Topliss-reactive ketones (excluding diaryl/α,β-unsaturated/α-hetero) is 1. The highest BCUT2D eigenvalue weighted by molar-refractivity contribution is 6.33. The van der Waals surface area contributed by atoms with Gasteiger partial charge < -0.3 is 9.64 Å². The monoisotopic (exact) mass is 358 g/mol. The number of ether oxygens (including phenoxy) is 1. The van der Waals surface area contributed by atoms with E-state index in [1.807, 2.05) is 63.1 Å². The molecule has 25 heavy (non-hydrogen) atoms. The first-order valence-corrected chi connectivity index (χ1v) is 8.55. The number of aryl methyl sites for hydroxylation is 2. The van der Waals surface area contributed by atoms with Gasteiger partial charge in [-0.2, -0.15) is 0 Å². The van der Waals surface area contributed by atoms with Gasteiger partial charge in [0.1, 0.15) is 5.75 Å². The Morgan fingerprint density at radius 3 is 2.72 bits per heavy atom. The largest absolute Gasteiger partial charge is 0.485 e. The molecule has 0 unspecified atom stereocenters. The summed E-state index contributed by atoms with van der Waals surface area (Å²) >= 11 is 6.28. The van der Waals surface area contributed by atoms with Crippen LogP contribution in [0.3, 0.4) is 0 Å². The van der Waals surface area contributed by atoms with Crippen LogP contribution in [0.5, 0.6) is 5.75 Å². The minimum atomic E-state index is -0.109. The molecular weight excluding hydrogens is 336 g/mol. The number of hydrogen-bond acceptors (Lipinski definition) is 3. The summed E-state index contributed by atoms with van der Waals surface area (Å²) < 4.78 is 5.59. The van der Waals surface area contributed by atoms with Crippen LogP contribution in [0, 0.1) is 13.8 Å². The van der Waals surface area contributed by atoms with Crippen molar-refractivity contribution in [3.05, 3.63) is 58.1 Å². The van der Waals surface area contributed by atoms with Crippen molar-refractivity contribution < 1.29 is 9.53 Å². The minimum Gasteiger partial charge on any atom is -0.485 e. The summed E-state index contributed by atoms with van der Waals surface area (Å²) in [6.07, 6.45) is 1.73. The van der Waals surface area contributed by atoms with Gasteiger partial charge in [-0.3, -0.25) is 4.79 Å². The minimum absolute atomic E-state index is 0.0260. The molecule has 0 heterocycles. The fourth-order valence-corrected chi connectivity index (χ4v) is 2.45. The van der Waals surface area contributed by atoms with Gasteiger partial charge in [0.25, 0.3) is 0 Å². The zero-order valence-electron chi connectivity index (χ0n) is 15.0. The molecule has 0 amide bonds. The lowest BCUT2D eigenvalue weighted by Gasteiger charge is -2.11. The van der Waals surface area contributed by atoms with E-state index in [2.05, 4.69) is 4.99 Å². The summed E-state index contributed by atoms with van der Waals surface area (Å²) in [6, 6.07) is 11.1. The summed E-state index contributed by atoms with van der Waals surface area (Å²) in [5, 5.41) is 0.449. The van der Waals surface area contributed by atoms with Crippen molar-refractivity contribution in [3.8, 4) is 5.75 Å². The van der Waals surface area contributed by atoms with Crippen LogP contribution >= 0.6 is 11.6 Å². The lowest BCUT2D eigenvalue weighted by Crippen LogP contribution is -2.14. The lowest BCUT2D eigenvalue weighted by molar-refractivity contribution is 0.0921. The average Bonchev–Trinajstić information content (AvgIpc) is 2.59. The third-order valence-corrected chi connectivity index (χ3v) is 4.15. The molecule has 2 rings (SSSR count). The van der Waals surface area contributed by atoms with Gasteiger partial charge in [-0.1, -0.05) is 23.7 Å². The molecule has 4 nitrogen and oxygen atoms in total. The highest BCUT2D eigenvalue weighted by Crippen LogP contribution is 2.28. The van der Waals surface area contributed by atoms with Crippen molar-refractivity contribution in [1.29, 1.82) is 0 Å². The fraction of sp³-hybridized carbons (Fsp3) is 0.300. The maximum atomic E-state index is 12.5. The first-order valence-electron chi connectivity index (χ1n) is 8.18. The van der Waals surface area contributed by atoms with E-state index < -0.39 is 0 Å². The summed E-state index contributed by atoms with van der Waals surface area (Å²) in [6.45, 7) is 6.72. The third kappa shape index (κ3) is 5.33. The summed E-state index contributed by atoms with van der Waals surface area (Å²) in [7, 11) is 1.94. The van der Waals surface area contributed by atoms with E-state index in [0.29, 0.717) is 22.0 Å². The molecule has 0 atom stereocenters. The van der Waals surface area contributed by atoms with E-state index in [-0.39, 0.29) is 12.4 Å². The molecule has 132 valence electrons. The van der Waals surface area contributed by atoms with E-state index in [0.717, 1.165) is 17.7 Å². The smallest absolute Gasteiger partial charge is 0.200 e. The number of carbonyl (C=O) groups excluding carboxylic acids is 1. The van der Waals surface area contributed by atoms with Crippen molar-refractivity contribution in [3.63, 3.8) is 0 Å². The van der Waals surface area contributed by atoms with E-state index >= 15 is 0 Å². The Hall–Kier alpha value is -2.33. The Balaban J connectivity index is 2.12. The van der Waals surface area contributed by atoms with Gasteiger partial charge in [0.2, 0.25) is 5.78 Å². The van der Waals surface area contributed by atoms with Gasteiger partial charge in [0.15, 0.2) is 6.61 Å². The molecule has 0 fully saturated rings. The SMILES string of the molecule is CCN(C)/C=N\c1cc(C)c(C(=O)COc2cccc(C)c2)cc1Cl. The highest BCUT2D eigenvalue weighted by atomic mass is 35.5. The Bertz CT molecular complexity index is 787. The van der Waals surface area contributed by atoms with Crippen LogP contribution in [-0.4, -0.2) is 37.2 Å². The second kappa shape index (κ2) is 8.67. The summed E-state index contributed by atoms with van der Waals surface area (Å²) in [5.74, 6) is 0.572. The van der Waals surface area contributed by atoms with Crippen LogP contribution in [0.2, 0.25) is 5.02 Å². The third-order valence-electron chi connectivity index (χ3n) is 3.85. The molecule has 0 spiro atoms. The zero-order chi connectivity index (χ0) is 18.4. The van der Waals surface area contributed by atoms with Crippen LogP contribution in [0.4, 0.5) is 5.69 Å². The normalized spacial score (nSPS) is 10.9. The quantitative estimate of drug-likeness (QED) is 0.404. The molecule has 0 aliphatic heterocycles. The molecule has 0 radical (unpaired) electrons. The van der Waals surface area contributed by atoms with Crippen LogP contribution < -0.4 is 4.74 Å². The predicted octanol–water partition coefficient (Wildman–Crippen LogP) is 4.83. The number of ketones is 1. The second-order valence-electron chi connectivity index (χ2n) is 5.96. The van der Waals surface area contributed by atoms with Crippen LogP contribution in [0.25, 0.3) is 0 Å². The Morgan fingerprint density at radius 1 is 1.28 bits per heavy atom. The molecule has 0 aromatic heterocycles. The van der Waals surface area contributed by atoms with Gasteiger partial charge in [-0.25, -0.2) is 4.99 Å². The Kier molecular flexibility index (Phi) is 6.59. The molecule has 2 aromatic carbocycles. The predicted molar refractivity (Wildman–Crippen MR) is 104 cm³/mol. The molecule has 0 aliphatic rings. The molecule has 0 N–H and O–H groups in total. The van der Waals surface area contributed by atoms with Gasteiger partial charge in [0.05, 0.1) is 17.0 Å². The standard InChI is InChI=1S/C20H23ClN2O2/c1-5-23(4)13-22-19-10-15(3)17(11-18(19)21)20(24)12-25-16-8-6-7-14(2)9-16/h6-11,13H,5,12H2,1-4H3/b22-13-. The first kappa shape index (κ1) is 19.0. The van der Waals surface area contributed by atoms with E-state index in [4.69, 9.17) is 16.3 Å². The molecule has 0 saturated carbocycles. The number of hydrogen-bond donors (Lipinski definition) is 0. The zero-order valence-corrected chi connectivity index (χ0v) is 15.8. The lowest BCUT2D eigenvalue weighted by atomic mass is 10.0. The number of aliphatic imine (C=N–C) groups is 1. The molecular formula is C20H23ClN2O2. The number of rotatable bonds is 7. The Labute approximate surface area is 154 Å². The molecule has 5 heteroatoms. The second-order valence-corrected chi connectivity index (χ2v) is 6.37. The number of nitrogens with zero attached hydrogens (tertiary/aromatic N) is 2. The van der Waals surface area contributed by atoms with Crippen LogP contribution in [0.15, 0.2) is 41.4 Å². The van der Waals surface area contributed by atoms with Crippen molar-refractivity contribution in [2.75, 3.05) is 20.2 Å². The molecule has 2 aromatic rings. The van der Waals surface area contributed by atoms with Crippen molar-refractivity contribution in [2.45, 2.75) is 20.8 Å². The van der Waals surface area contributed by atoms with Gasteiger partial charge in [-0.05, 0) is 56.2 Å². The average molecular weight is 359 g/mol. The summed E-state index contributed by atoms with van der Waals surface area (Å²) in [4.78, 5) is 18.8. The van der Waals surface area contributed by atoms with Crippen molar-refractivity contribution >= 4 is 29.4 Å². The van der Waals surface area contributed by atoms with Crippen LogP contribution in [-0.2, 0) is 0 Å². The highest BCUT2D eigenvalue weighted by Gasteiger charge is 2.13. The maximum Gasteiger partial charge on any atom is 0.200 e. The van der Waals surface area contributed by atoms with Gasteiger partial charge in [-0.15, -0.1) is 0 Å². The molecule has 0 saturated heterocycles. The van der Waals surface area contributed by atoms with E-state index in [1.165, 1.54) is 0 Å². The van der Waals surface area contributed by atoms with E-state index in [1.54, 1.807) is 12.4 Å². The first-order chi connectivity index (χ1) is 11.9. The number of halogens is 1.